The van der Waals surface area contributed by atoms with Crippen molar-refractivity contribution in [3.8, 4) is 0 Å². The van der Waals surface area contributed by atoms with Crippen LogP contribution in [0.25, 0.3) is 0 Å². The Labute approximate surface area is 118 Å². The van der Waals surface area contributed by atoms with Crippen LogP contribution < -0.4 is 10.6 Å². The summed E-state index contributed by atoms with van der Waals surface area (Å²) in [4.78, 5) is 22.7. The number of hydrogen-bond acceptors (Lipinski definition) is 2. The number of amides is 2. The Kier molecular flexibility index (Phi) is 4.27. The first-order valence-electron chi connectivity index (χ1n) is 6.93. The highest BCUT2D eigenvalue weighted by molar-refractivity contribution is 5.93. The molecule has 0 spiro atoms. The van der Waals surface area contributed by atoms with Crippen molar-refractivity contribution in [2.75, 3.05) is 11.9 Å². The predicted molar refractivity (Wildman–Crippen MR) is 77.0 cm³/mol. The molecule has 0 bridgehead atoms. The Hall–Kier alpha value is -2.04. The second-order valence-corrected chi connectivity index (χ2v) is 5.40. The third-order valence-corrected chi connectivity index (χ3v) is 4.16. The number of anilines is 1. The summed E-state index contributed by atoms with van der Waals surface area (Å²) in [5, 5.41) is 14.4. The van der Waals surface area contributed by atoms with Crippen LogP contribution in [0.5, 0.6) is 0 Å². The lowest BCUT2D eigenvalue weighted by Gasteiger charge is -2.41. The zero-order chi connectivity index (χ0) is 14.6. The molecule has 2 rings (SSSR count). The Bertz CT molecular complexity index is 504. The van der Waals surface area contributed by atoms with Crippen molar-refractivity contribution >= 4 is 17.7 Å². The maximum absolute atomic E-state index is 11.8. The molecule has 20 heavy (non-hydrogen) atoms. The summed E-state index contributed by atoms with van der Waals surface area (Å²) in [6, 6.07) is 5.93. The first kappa shape index (κ1) is 14.4. The third kappa shape index (κ3) is 3.29. The highest BCUT2D eigenvalue weighted by Gasteiger charge is 2.35. The van der Waals surface area contributed by atoms with Crippen LogP contribution in [-0.4, -0.2) is 23.7 Å². The van der Waals surface area contributed by atoms with E-state index < -0.39 is 5.97 Å². The Morgan fingerprint density at radius 2 is 2.10 bits per heavy atom. The molecular formula is C15H20N2O3. The molecule has 0 aromatic heterocycles. The first-order chi connectivity index (χ1) is 9.54. The molecular weight excluding hydrogens is 256 g/mol. The van der Waals surface area contributed by atoms with Crippen molar-refractivity contribution in [1.29, 1.82) is 0 Å². The quantitative estimate of drug-likeness (QED) is 0.773. The number of carboxylic acids is 1. The van der Waals surface area contributed by atoms with E-state index in [1.54, 1.807) is 12.1 Å². The second-order valence-electron chi connectivity index (χ2n) is 5.40. The minimum absolute atomic E-state index is 0.159. The van der Waals surface area contributed by atoms with Crippen molar-refractivity contribution in [1.82, 2.24) is 5.32 Å². The molecule has 108 valence electrons. The average molecular weight is 276 g/mol. The van der Waals surface area contributed by atoms with Crippen LogP contribution in [0.4, 0.5) is 10.5 Å². The molecule has 5 nitrogen and oxygen atoms in total. The highest BCUT2D eigenvalue weighted by Crippen LogP contribution is 2.42. The van der Waals surface area contributed by atoms with Crippen molar-refractivity contribution < 1.29 is 14.7 Å². The SMILES string of the molecule is CCC1(CNC(=O)Nc2cccc(C(=O)O)c2)CCC1. The summed E-state index contributed by atoms with van der Waals surface area (Å²) in [5.41, 5.74) is 0.911. The van der Waals surface area contributed by atoms with E-state index in [-0.39, 0.29) is 17.0 Å². The van der Waals surface area contributed by atoms with Crippen LogP contribution in [-0.2, 0) is 0 Å². The first-order valence-corrected chi connectivity index (χ1v) is 6.93. The van der Waals surface area contributed by atoms with Crippen LogP contribution in [0.3, 0.4) is 0 Å². The summed E-state index contributed by atoms with van der Waals surface area (Å²) in [6.45, 7) is 2.82. The molecule has 0 unspecified atom stereocenters. The zero-order valence-corrected chi connectivity index (χ0v) is 11.6. The van der Waals surface area contributed by atoms with Gasteiger partial charge in [-0.25, -0.2) is 9.59 Å². The van der Waals surface area contributed by atoms with E-state index >= 15 is 0 Å². The normalized spacial score (nSPS) is 16.1. The van der Waals surface area contributed by atoms with E-state index in [9.17, 15) is 9.59 Å². The van der Waals surface area contributed by atoms with Crippen LogP contribution >= 0.6 is 0 Å². The summed E-state index contributed by atoms with van der Waals surface area (Å²) >= 11 is 0. The maximum atomic E-state index is 11.8. The van der Waals surface area contributed by atoms with Gasteiger partial charge in [-0.3, -0.25) is 0 Å². The van der Waals surface area contributed by atoms with Gasteiger partial charge in [0.15, 0.2) is 0 Å². The number of urea groups is 1. The minimum Gasteiger partial charge on any atom is -0.478 e. The van der Waals surface area contributed by atoms with E-state index in [1.165, 1.54) is 18.6 Å². The van der Waals surface area contributed by atoms with Gasteiger partial charge in [0.05, 0.1) is 5.56 Å². The number of carboxylic acid groups (broad SMARTS) is 1. The molecule has 2 amide bonds. The van der Waals surface area contributed by atoms with Crippen LogP contribution in [0.2, 0.25) is 0 Å². The minimum atomic E-state index is -1.01. The number of benzene rings is 1. The molecule has 1 aliphatic carbocycles. The van der Waals surface area contributed by atoms with E-state index in [0.29, 0.717) is 12.2 Å². The monoisotopic (exact) mass is 276 g/mol. The standard InChI is InChI=1S/C15H20N2O3/c1-2-15(7-4-8-15)10-16-14(20)17-12-6-3-5-11(9-12)13(18)19/h3,5-6,9H,2,4,7-8,10H2,1H3,(H,18,19)(H2,16,17,20). The van der Waals surface area contributed by atoms with Gasteiger partial charge in [-0.05, 0) is 42.9 Å². The Balaban J connectivity index is 1.88. The topological polar surface area (TPSA) is 78.4 Å². The molecule has 1 aliphatic rings. The average Bonchev–Trinajstić information content (AvgIpc) is 2.38. The lowest BCUT2D eigenvalue weighted by molar-refractivity contribution is 0.0697. The number of rotatable bonds is 5. The predicted octanol–water partition coefficient (Wildman–Crippen LogP) is 3.09. The summed E-state index contributed by atoms with van der Waals surface area (Å²) in [5.74, 6) is -1.01. The molecule has 1 fully saturated rings. The van der Waals surface area contributed by atoms with E-state index in [0.717, 1.165) is 19.3 Å². The molecule has 0 radical (unpaired) electrons. The molecule has 0 heterocycles. The fourth-order valence-electron chi connectivity index (χ4n) is 2.51. The van der Waals surface area contributed by atoms with Crippen LogP contribution in [0, 0.1) is 5.41 Å². The highest BCUT2D eigenvalue weighted by atomic mass is 16.4. The summed E-state index contributed by atoms with van der Waals surface area (Å²) in [6.07, 6.45) is 4.64. The molecule has 0 saturated heterocycles. The molecule has 5 heteroatoms. The van der Waals surface area contributed by atoms with E-state index in [4.69, 9.17) is 5.11 Å². The number of carbonyl (C=O) groups excluding carboxylic acids is 1. The number of nitrogens with one attached hydrogen (secondary N) is 2. The molecule has 0 atom stereocenters. The third-order valence-electron chi connectivity index (χ3n) is 4.16. The van der Waals surface area contributed by atoms with Gasteiger partial charge < -0.3 is 15.7 Å². The van der Waals surface area contributed by atoms with Gasteiger partial charge in [-0.2, -0.15) is 0 Å². The van der Waals surface area contributed by atoms with Crippen molar-refractivity contribution in [2.24, 2.45) is 5.41 Å². The molecule has 1 saturated carbocycles. The van der Waals surface area contributed by atoms with E-state index in [1.807, 2.05) is 0 Å². The van der Waals surface area contributed by atoms with Gasteiger partial charge in [-0.15, -0.1) is 0 Å². The van der Waals surface area contributed by atoms with Crippen molar-refractivity contribution in [3.63, 3.8) is 0 Å². The molecule has 1 aromatic rings. The van der Waals surface area contributed by atoms with Crippen LogP contribution in [0.1, 0.15) is 43.0 Å². The Morgan fingerprint density at radius 1 is 1.35 bits per heavy atom. The summed E-state index contributed by atoms with van der Waals surface area (Å²) in [7, 11) is 0. The second kappa shape index (κ2) is 5.94. The number of carbonyl (C=O) groups is 2. The fraction of sp³-hybridized carbons (Fsp3) is 0.467. The smallest absolute Gasteiger partial charge is 0.335 e. The van der Waals surface area contributed by atoms with Crippen molar-refractivity contribution in [3.05, 3.63) is 29.8 Å². The lowest BCUT2D eigenvalue weighted by atomic mass is 9.67. The van der Waals surface area contributed by atoms with Crippen LogP contribution in [0.15, 0.2) is 24.3 Å². The van der Waals surface area contributed by atoms with Gasteiger partial charge in [0.1, 0.15) is 0 Å². The van der Waals surface area contributed by atoms with Crippen molar-refractivity contribution in [2.45, 2.75) is 32.6 Å². The van der Waals surface area contributed by atoms with Gasteiger partial charge in [-0.1, -0.05) is 19.4 Å². The van der Waals surface area contributed by atoms with E-state index in [2.05, 4.69) is 17.6 Å². The van der Waals surface area contributed by atoms with Gasteiger partial charge >= 0.3 is 12.0 Å². The zero-order valence-electron chi connectivity index (χ0n) is 11.6. The van der Waals surface area contributed by atoms with Gasteiger partial charge in [0, 0.05) is 12.2 Å². The van der Waals surface area contributed by atoms with Gasteiger partial charge in [0.2, 0.25) is 0 Å². The number of hydrogen-bond donors (Lipinski definition) is 3. The Morgan fingerprint density at radius 3 is 2.65 bits per heavy atom. The largest absolute Gasteiger partial charge is 0.478 e. The fourth-order valence-corrected chi connectivity index (χ4v) is 2.51. The number of aromatic carboxylic acids is 1. The van der Waals surface area contributed by atoms with Gasteiger partial charge in [0.25, 0.3) is 0 Å². The summed E-state index contributed by atoms with van der Waals surface area (Å²) < 4.78 is 0. The molecule has 1 aromatic carbocycles. The maximum Gasteiger partial charge on any atom is 0.335 e. The molecule has 3 N–H and O–H groups in total. The molecule has 0 aliphatic heterocycles. The lowest BCUT2D eigenvalue weighted by Crippen LogP contribution is -2.43.